The molecule has 2 amide bonds. The second kappa shape index (κ2) is 9.11. The van der Waals surface area contributed by atoms with Crippen molar-refractivity contribution in [2.75, 3.05) is 0 Å². The van der Waals surface area contributed by atoms with Crippen molar-refractivity contribution in [3.05, 3.63) is 86.6 Å². The molecular weight excluding hydrogens is 456 g/mol. The lowest BCUT2D eigenvalue weighted by Crippen LogP contribution is -2.27. The van der Waals surface area contributed by atoms with Crippen LogP contribution >= 0.6 is 46.5 Å². The molecule has 0 saturated carbocycles. The topological polar surface area (TPSA) is 61.2 Å². The summed E-state index contributed by atoms with van der Waals surface area (Å²) in [5.41, 5.74) is 1.11. The first-order chi connectivity index (χ1) is 14.5. The molecule has 1 aromatic heterocycles. The molecule has 0 atom stereocenters. The Balaban J connectivity index is 1.49. The average molecular weight is 469 g/mol. The Morgan fingerprint density at radius 3 is 2.60 bits per heavy atom. The number of carbonyl (C=O) groups excluding carboxylic acids is 2. The normalized spacial score (nSPS) is 15.1. The van der Waals surface area contributed by atoms with Crippen molar-refractivity contribution in [1.29, 1.82) is 5.26 Å². The molecule has 2 heterocycles. The fourth-order valence-electron chi connectivity index (χ4n) is 2.79. The number of benzene rings is 2. The smallest absolute Gasteiger partial charge is 0.268 e. The van der Waals surface area contributed by atoms with Gasteiger partial charge in [0.1, 0.15) is 0 Å². The third-order valence-corrected chi connectivity index (χ3v) is 7.58. The van der Waals surface area contributed by atoms with E-state index in [0.717, 1.165) is 25.7 Å². The van der Waals surface area contributed by atoms with E-state index in [1.165, 1.54) is 4.90 Å². The van der Waals surface area contributed by atoms with Crippen LogP contribution in [0.1, 0.15) is 16.0 Å². The molecule has 0 unspecified atom stereocenters. The highest BCUT2D eigenvalue weighted by atomic mass is 35.5. The van der Waals surface area contributed by atoms with Gasteiger partial charge in [-0.15, -0.1) is 11.3 Å². The second-order valence-electron chi connectivity index (χ2n) is 6.25. The van der Waals surface area contributed by atoms with Gasteiger partial charge in [-0.2, -0.15) is 5.26 Å². The molecule has 1 fully saturated rings. The summed E-state index contributed by atoms with van der Waals surface area (Å²) >= 11 is 10.0. The predicted molar refractivity (Wildman–Crippen MR) is 123 cm³/mol. The monoisotopic (exact) mass is 468 g/mol. The number of halogens is 1. The van der Waals surface area contributed by atoms with Gasteiger partial charge in [-0.25, -0.2) is 0 Å². The van der Waals surface area contributed by atoms with E-state index in [9.17, 15) is 14.9 Å². The number of thioether (sulfide) groups is 1. The van der Waals surface area contributed by atoms with Crippen LogP contribution in [0.4, 0.5) is 4.79 Å². The fraction of sp³-hybridized carbons (Fsp3) is 0.0455. The highest BCUT2D eigenvalue weighted by molar-refractivity contribution is 8.18. The van der Waals surface area contributed by atoms with Gasteiger partial charge < -0.3 is 0 Å². The summed E-state index contributed by atoms with van der Waals surface area (Å²) in [5, 5.41) is 9.60. The zero-order chi connectivity index (χ0) is 21.1. The first-order valence-corrected chi connectivity index (χ1v) is 11.6. The molecule has 1 saturated heterocycles. The number of carbonyl (C=O) groups is 2. The highest BCUT2D eigenvalue weighted by Crippen LogP contribution is 2.38. The predicted octanol–water partition coefficient (Wildman–Crippen LogP) is 6.66. The van der Waals surface area contributed by atoms with Gasteiger partial charge in [0.15, 0.2) is 0 Å². The molecule has 0 radical (unpaired) electrons. The van der Waals surface area contributed by atoms with Crippen molar-refractivity contribution in [3.63, 3.8) is 0 Å². The van der Waals surface area contributed by atoms with E-state index in [1.54, 1.807) is 53.4 Å². The van der Waals surface area contributed by atoms with E-state index in [2.05, 4.69) is 6.07 Å². The molecule has 0 bridgehead atoms. The molecule has 1 aliphatic heterocycles. The molecule has 2 aromatic carbocycles. The van der Waals surface area contributed by atoms with Gasteiger partial charge in [0, 0.05) is 14.8 Å². The van der Waals surface area contributed by atoms with E-state index < -0.39 is 0 Å². The highest BCUT2D eigenvalue weighted by Gasteiger charge is 2.35. The van der Waals surface area contributed by atoms with E-state index in [-0.39, 0.29) is 17.7 Å². The maximum atomic E-state index is 12.8. The van der Waals surface area contributed by atoms with E-state index in [0.29, 0.717) is 21.1 Å². The van der Waals surface area contributed by atoms with Crippen LogP contribution in [-0.4, -0.2) is 16.0 Å². The fourth-order valence-corrected chi connectivity index (χ4v) is 5.88. The van der Waals surface area contributed by atoms with Crippen LogP contribution in [0, 0.1) is 11.3 Å². The van der Waals surface area contributed by atoms with Crippen LogP contribution in [0.3, 0.4) is 0 Å². The Bertz CT molecular complexity index is 1200. The number of hydrogen-bond donors (Lipinski definition) is 0. The third-order valence-electron chi connectivity index (χ3n) is 4.25. The SMILES string of the molecule is N#Cc1ccccc1CN1C(=O)S/C(=C/c2ccc(Sc3ccc(Cl)cc3)s2)C1=O. The molecule has 0 N–H and O–H groups in total. The zero-order valence-electron chi connectivity index (χ0n) is 15.4. The van der Waals surface area contributed by atoms with Gasteiger partial charge >= 0.3 is 0 Å². The van der Waals surface area contributed by atoms with Gasteiger partial charge in [0.2, 0.25) is 0 Å². The molecule has 148 valence electrons. The summed E-state index contributed by atoms with van der Waals surface area (Å²) in [6, 6.07) is 20.6. The summed E-state index contributed by atoms with van der Waals surface area (Å²) in [6.07, 6.45) is 1.75. The maximum Gasteiger partial charge on any atom is 0.293 e. The molecule has 0 spiro atoms. The van der Waals surface area contributed by atoms with Crippen molar-refractivity contribution in [2.45, 2.75) is 15.6 Å². The van der Waals surface area contributed by atoms with Gasteiger partial charge in [0.05, 0.1) is 27.3 Å². The van der Waals surface area contributed by atoms with Crippen LogP contribution in [0.2, 0.25) is 5.02 Å². The van der Waals surface area contributed by atoms with E-state index in [1.807, 2.05) is 36.4 Å². The third kappa shape index (κ3) is 4.63. The first kappa shape index (κ1) is 20.8. The zero-order valence-corrected chi connectivity index (χ0v) is 18.6. The second-order valence-corrected chi connectivity index (χ2v) is 10.2. The Kier molecular flexibility index (Phi) is 6.30. The molecule has 0 aliphatic carbocycles. The van der Waals surface area contributed by atoms with Gasteiger partial charge in [-0.05, 0) is 65.9 Å². The van der Waals surface area contributed by atoms with Crippen LogP contribution in [0.25, 0.3) is 6.08 Å². The van der Waals surface area contributed by atoms with Gasteiger partial charge in [0.25, 0.3) is 11.1 Å². The van der Waals surface area contributed by atoms with Crippen LogP contribution in [0.15, 0.2) is 74.7 Å². The molecule has 4 rings (SSSR count). The molecule has 8 heteroatoms. The van der Waals surface area contributed by atoms with Crippen molar-refractivity contribution < 1.29 is 9.59 Å². The Morgan fingerprint density at radius 2 is 1.83 bits per heavy atom. The molecule has 4 nitrogen and oxygen atoms in total. The molecule has 3 aromatic rings. The lowest BCUT2D eigenvalue weighted by molar-refractivity contribution is -0.123. The maximum absolute atomic E-state index is 12.8. The Morgan fingerprint density at radius 1 is 1.07 bits per heavy atom. The minimum atomic E-state index is -0.335. The number of amides is 2. The lowest BCUT2D eigenvalue weighted by atomic mass is 10.1. The quantitative estimate of drug-likeness (QED) is 0.392. The summed E-state index contributed by atoms with van der Waals surface area (Å²) in [5.74, 6) is -0.335. The Labute approximate surface area is 191 Å². The summed E-state index contributed by atoms with van der Waals surface area (Å²) in [4.78, 5) is 28.7. The largest absolute Gasteiger partial charge is 0.293 e. The number of thiophene rings is 1. The van der Waals surface area contributed by atoms with Crippen molar-refractivity contribution in [1.82, 2.24) is 4.90 Å². The Hall–Kier alpha value is -2.50. The molecular formula is C22H13ClN2O2S3. The molecule has 30 heavy (non-hydrogen) atoms. The summed E-state index contributed by atoms with van der Waals surface area (Å²) in [7, 11) is 0. The average Bonchev–Trinajstić information content (AvgIpc) is 3.29. The van der Waals surface area contributed by atoms with Crippen LogP contribution < -0.4 is 0 Å². The van der Waals surface area contributed by atoms with Crippen LogP contribution in [-0.2, 0) is 11.3 Å². The summed E-state index contributed by atoms with van der Waals surface area (Å²) < 4.78 is 1.07. The minimum Gasteiger partial charge on any atom is -0.268 e. The standard InChI is InChI=1S/C22H13ClN2O2S3/c23-16-5-7-17(8-6-16)28-20-10-9-18(29-20)11-19-21(26)25(22(27)30-19)13-15-4-2-1-3-14(15)12-24/h1-11H,13H2/b19-11+. The van der Waals surface area contributed by atoms with Crippen LogP contribution in [0.5, 0.6) is 0 Å². The number of hydrogen-bond acceptors (Lipinski definition) is 6. The molecule has 1 aliphatic rings. The number of rotatable bonds is 5. The first-order valence-electron chi connectivity index (χ1n) is 8.80. The number of nitrogens with zero attached hydrogens (tertiary/aromatic N) is 2. The van der Waals surface area contributed by atoms with Crippen molar-refractivity contribution >= 4 is 63.7 Å². The van der Waals surface area contributed by atoms with Gasteiger partial charge in [-0.1, -0.05) is 41.6 Å². The number of nitriles is 1. The lowest BCUT2D eigenvalue weighted by Gasteiger charge is -2.13. The van der Waals surface area contributed by atoms with E-state index >= 15 is 0 Å². The van der Waals surface area contributed by atoms with Crippen molar-refractivity contribution in [2.24, 2.45) is 0 Å². The summed E-state index contributed by atoms with van der Waals surface area (Å²) in [6.45, 7) is 0.0911. The van der Waals surface area contributed by atoms with E-state index in [4.69, 9.17) is 11.6 Å². The van der Waals surface area contributed by atoms with Crippen molar-refractivity contribution in [3.8, 4) is 6.07 Å². The minimum absolute atomic E-state index is 0.0911. The number of imide groups is 1. The van der Waals surface area contributed by atoms with Gasteiger partial charge in [-0.3, -0.25) is 14.5 Å².